The van der Waals surface area contributed by atoms with Crippen LogP contribution in [0.3, 0.4) is 0 Å². The number of pyridine rings is 1. The fourth-order valence-electron chi connectivity index (χ4n) is 1.76. The van der Waals surface area contributed by atoms with Crippen molar-refractivity contribution in [2.75, 3.05) is 0 Å². The molecular formula is C16H16F2N2OS2. The Balaban J connectivity index is 2.53. The van der Waals surface area contributed by atoms with E-state index in [4.69, 9.17) is 5.41 Å². The predicted molar refractivity (Wildman–Crippen MR) is 89.4 cm³/mol. The minimum Gasteiger partial charge on any atom is -0.291 e. The van der Waals surface area contributed by atoms with Gasteiger partial charge in [0.15, 0.2) is 0 Å². The Morgan fingerprint density at radius 1 is 1.17 bits per heavy atom. The average molecular weight is 354 g/mol. The maximum absolute atomic E-state index is 14.3. The molecule has 23 heavy (non-hydrogen) atoms. The molecule has 1 aromatic heterocycles. The van der Waals surface area contributed by atoms with E-state index >= 15 is 0 Å². The molecule has 3 nitrogen and oxygen atoms in total. The Bertz CT molecular complexity index is 759. The molecule has 1 N–H and O–H groups in total. The van der Waals surface area contributed by atoms with Crippen molar-refractivity contribution < 1.29 is 13.0 Å². The van der Waals surface area contributed by atoms with Crippen LogP contribution in [0, 0.1) is 17.0 Å². The molecule has 1 aromatic carbocycles. The van der Waals surface area contributed by atoms with E-state index in [9.17, 15) is 13.0 Å². The minimum absolute atomic E-state index is 0.0775. The van der Waals surface area contributed by atoms with E-state index in [0.29, 0.717) is 5.03 Å². The van der Waals surface area contributed by atoms with Gasteiger partial charge in [0.05, 0.1) is 21.3 Å². The van der Waals surface area contributed by atoms with Crippen LogP contribution in [0.4, 0.5) is 8.78 Å². The van der Waals surface area contributed by atoms with Crippen molar-refractivity contribution in [1.82, 2.24) is 4.98 Å². The molecule has 1 heterocycles. The average Bonchev–Trinajstić information content (AvgIpc) is 2.50. The van der Waals surface area contributed by atoms with E-state index in [1.165, 1.54) is 6.20 Å². The smallest absolute Gasteiger partial charge is 0.138 e. The summed E-state index contributed by atoms with van der Waals surface area (Å²) in [6.45, 7) is 5.04. The number of hydrogen-bond acceptors (Lipinski definition) is 4. The molecule has 2 rings (SSSR count). The first kappa shape index (κ1) is 17.7. The van der Waals surface area contributed by atoms with Gasteiger partial charge in [0.2, 0.25) is 0 Å². The molecule has 0 bridgehead atoms. The van der Waals surface area contributed by atoms with Crippen LogP contribution in [-0.2, 0) is 10.8 Å². The third kappa shape index (κ3) is 4.03. The summed E-state index contributed by atoms with van der Waals surface area (Å²) in [5, 5.41) is 8.14. The molecule has 2 aromatic rings. The summed E-state index contributed by atoms with van der Waals surface area (Å²) in [4.78, 5) is 3.99. The molecule has 1 atom stereocenters. The van der Waals surface area contributed by atoms with Crippen LogP contribution in [0.15, 0.2) is 46.5 Å². The van der Waals surface area contributed by atoms with Crippen molar-refractivity contribution in [1.29, 1.82) is 5.41 Å². The van der Waals surface area contributed by atoms with E-state index in [0.717, 1.165) is 23.9 Å². The lowest BCUT2D eigenvalue weighted by Crippen LogP contribution is -2.29. The molecule has 0 aliphatic carbocycles. The summed E-state index contributed by atoms with van der Waals surface area (Å²) < 4.78 is 40.1. The molecule has 122 valence electrons. The van der Waals surface area contributed by atoms with Gasteiger partial charge < -0.3 is 0 Å². The highest BCUT2D eigenvalue weighted by Gasteiger charge is 2.29. The molecular weight excluding hydrogens is 338 g/mol. The SMILES string of the molecule is CC(C)(C)S(=O)C(=N)c1c(F)ccc(F)c1Sc1ccccn1. The van der Waals surface area contributed by atoms with Crippen LogP contribution in [0.5, 0.6) is 0 Å². The highest BCUT2D eigenvalue weighted by Crippen LogP contribution is 2.34. The second kappa shape index (κ2) is 6.88. The fraction of sp³-hybridized carbons (Fsp3) is 0.250. The molecule has 1 unspecified atom stereocenters. The largest absolute Gasteiger partial charge is 0.291 e. The van der Waals surface area contributed by atoms with Crippen molar-refractivity contribution in [3.05, 3.63) is 53.7 Å². The highest BCUT2D eigenvalue weighted by atomic mass is 32.2. The molecule has 0 saturated carbocycles. The van der Waals surface area contributed by atoms with Crippen LogP contribution in [0.1, 0.15) is 26.3 Å². The molecule has 0 spiro atoms. The van der Waals surface area contributed by atoms with Gasteiger partial charge in [0, 0.05) is 10.9 Å². The van der Waals surface area contributed by atoms with Gasteiger partial charge in [-0.2, -0.15) is 0 Å². The Morgan fingerprint density at radius 3 is 2.39 bits per heavy atom. The summed E-state index contributed by atoms with van der Waals surface area (Å²) in [6, 6.07) is 7.04. The Labute approximate surface area is 140 Å². The number of hydrogen-bond donors (Lipinski definition) is 1. The molecule has 0 fully saturated rings. The molecule has 0 aliphatic heterocycles. The standard InChI is InChI=1S/C16H16F2N2OS2/c1-16(2,3)23(21)15(19)13-10(17)7-8-11(18)14(13)22-12-6-4-5-9-20-12/h4-9,19H,1-3H3. The Hall–Kier alpha value is -1.60. The highest BCUT2D eigenvalue weighted by molar-refractivity contribution is 8.02. The Morgan fingerprint density at radius 2 is 1.83 bits per heavy atom. The molecule has 0 saturated heterocycles. The summed E-state index contributed by atoms with van der Waals surface area (Å²) in [5.41, 5.74) is -0.270. The van der Waals surface area contributed by atoms with Gasteiger partial charge in [0.25, 0.3) is 0 Å². The third-order valence-electron chi connectivity index (χ3n) is 2.87. The predicted octanol–water partition coefficient (Wildman–Crippen LogP) is 4.38. The second-order valence-electron chi connectivity index (χ2n) is 5.71. The lowest BCUT2D eigenvalue weighted by atomic mass is 10.2. The topological polar surface area (TPSA) is 53.8 Å². The molecule has 0 aliphatic rings. The van der Waals surface area contributed by atoms with Gasteiger partial charge in [-0.1, -0.05) is 17.8 Å². The number of benzene rings is 1. The van der Waals surface area contributed by atoms with Crippen LogP contribution >= 0.6 is 11.8 Å². The fourth-order valence-corrected chi connectivity index (χ4v) is 3.75. The van der Waals surface area contributed by atoms with Gasteiger partial charge in [-0.3, -0.25) is 9.62 Å². The van der Waals surface area contributed by atoms with E-state index in [1.807, 2.05) is 0 Å². The monoisotopic (exact) mass is 354 g/mol. The van der Waals surface area contributed by atoms with Crippen molar-refractivity contribution in [3.63, 3.8) is 0 Å². The first-order chi connectivity index (χ1) is 10.7. The maximum Gasteiger partial charge on any atom is 0.138 e. The second-order valence-corrected chi connectivity index (χ2v) is 8.91. The third-order valence-corrected chi connectivity index (χ3v) is 5.61. The summed E-state index contributed by atoms with van der Waals surface area (Å²) in [5.74, 6) is -1.44. The van der Waals surface area contributed by atoms with E-state index in [2.05, 4.69) is 4.98 Å². The van der Waals surface area contributed by atoms with Gasteiger partial charge in [-0.15, -0.1) is 0 Å². The number of aromatic nitrogens is 1. The van der Waals surface area contributed by atoms with Gasteiger partial charge in [-0.05, 0) is 45.0 Å². The summed E-state index contributed by atoms with van der Waals surface area (Å²) in [6.07, 6.45) is 1.54. The molecule has 7 heteroatoms. The first-order valence-electron chi connectivity index (χ1n) is 6.79. The lowest BCUT2D eigenvalue weighted by molar-refractivity contribution is 0.574. The molecule has 0 radical (unpaired) electrons. The van der Waals surface area contributed by atoms with E-state index in [1.54, 1.807) is 39.0 Å². The lowest BCUT2D eigenvalue weighted by Gasteiger charge is -2.20. The first-order valence-corrected chi connectivity index (χ1v) is 8.76. The van der Waals surface area contributed by atoms with Crippen LogP contribution < -0.4 is 0 Å². The van der Waals surface area contributed by atoms with Crippen molar-refractivity contribution in [2.45, 2.75) is 35.4 Å². The quantitative estimate of drug-likeness (QED) is 0.657. The summed E-state index contributed by atoms with van der Waals surface area (Å²) in [7, 11) is -1.78. The van der Waals surface area contributed by atoms with Crippen LogP contribution in [-0.4, -0.2) is 19.0 Å². The molecule has 0 amide bonds. The number of rotatable bonds is 3. The summed E-state index contributed by atoms with van der Waals surface area (Å²) >= 11 is 0.910. The maximum atomic E-state index is 14.3. The number of nitrogens with zero attached hydrogens (tertiary/aromatic N) is 1. The van der Waals surface area contributed by atoms with Gasteiger partial charge >= 0.3 is 0 Å². The van der Waals surface area contributed by atoms with Crippen molar-refractivity contribution in [2.24, 2.45) is 0 Å². The normalized spacial score (nSPS) is 12.9. The zero-order chi connectivity index (χ0) is 17.2. The van der Waals surface area contributed by atoms with Crippen molar-refractivity contribution in [3.8, 4) is 0 Å². The zero-order valence-corrected chi connectivity index (χ0v) is 14.5. The van der Waals surface area contributed by atoms with Crippen molar-refractivity contribution >= 4 is 27.6 Å². The van der Waals surface area contributed by atoms with Gasteiger partial charge in [-0.25, -0.2) is 13.8 Å². The Kier molecular flexibility index (Phi) is 5.31. The number of nitrogens with one attached hydrogen (secondary N) is 1. The van der Waals surface area contributed by atoms with Crippen LogP contribution in [0.2, 0.25) is 0 Å². The number of halogens is 2. The minimum atomic E-state index is -1.78. The van der Waals surface area contributed by atoms with E-state index < -0.39 is 32.2 Å². The zero-order valence-electron chi connectivity index (χ0n) is 12.9. The van der Waals surface area contributed by atoms with E-state index in [-0.39, 0.29) is 10.5 Å². The van der Waals surface area contributed by atoms with Crippen LogP contribution in [0.25, 0.3) is 0 Å². The van der Waals surface area contributed by atoms with Gasteiger partial charge in [0.1, 0.15) is 21.7 Å².